The molecule has 156 valence electrons. The molecular weight excluding hydrogens is 404 g/mol. The molecule has 0 unspecified atom stereocenters. The van der Waals surface area contributed by atoms with Crippen molar-refractivity contribution in [3.8, 4) is 22.4 Å². The molecule has 0 aliphatic carbocycles. The second-order valence-corrected chi connectivity index (χ2v) is 8.27. The average Bonchev–Trinajstić information content (AvgIpc) is 3.20. The number of hydrogen-bond acceptors (Lipinski definition) is 7. The van der Waals surface area contributed by atoms with Gasteiger partial charge in [-0.25, -0.2) is 4.98 Å². The lowest BCUT2D eigenvalue weighted by Gasteiger charge is -2.31. The zero-order valence-electron chi connectivity index (χ0n) is 16.6. The molecule has 2 aliphatic rings. The molecular formula is C22H22N2O5S. The van der Waals surface area contributed by atoms with Crippen molar-refractivity contribution < 1.29 is 23.7 Å². The molecule has 0 bridgehead atoms. The first-order chi connectivity index (χ1) is 14.7. The SMILES string of the molecule is COc1ccc2sc(OC3CCN(C(=O)c4ccc5c(c4)OCCO5)CC3)nc2c1. The van der Waals surface area contributed by atoms with Crippen molar-refractivity contribution >= 4 is 27.5 Å². The minimum atomic E-state index is 0.0116. The molecule has 1 aromatic heterocycles. The van der Waals surface area contributed by atoms with Crippen molar-refractivity contribution in [2.45, 2.75) is 18.9 Å². The van der Waals surface area contributed by atoms with Gasteiger partial charge in [-0.3, -0.25) is 4.79 Å². The van der Waals surface area contributed by atoms with Crippen LogP contribution in [0.1, 0.15) is 23.2 Å². The van der Waals surface area contributed by atoms with Gasteiger partial charge in [0.15, 0.2) is 11.5 Å². The Balaban J connectivity index is 1.20. The topological polar surface area (TPSA) is 70.1 Å². The van der Waals surface area contributed by atoms with Gasteiger partial charge in [-0.2, -0.15) is 0 Å². The number of fused-ring (bicyclic) bond motifs is 2. The highest BCUT2D eigenvalue weighted by atomic mass is 32.1. The first-order valence-corrected chi connectivity index (χ1v) is 10.8. The van der Waals surface area contributed by atoms with Gasteiger partial charge in [-0.15, -0.1) is 0 Å². The lowest BCUT2D eigenvalue weighted by atomic mass is 10.1. The lowest BCUT2D eigenvalue weighted by Crippen LogP contribution is -2.41. The number of aromatic nitrogens is 1. The fraction of sp³-hybridized carbons (Fsp3) is 0.364. The van der Waals surface area contributed by atoms with E-state index in [0.29, 0.717) is 48.6 Å². The molecule has 0 radical (unpaired) electrons. The van der Waals surface area contributed by atoms with E-state index in [1.165, 1.54) is 11.3 Å². The number of amides is 1. The van der Waals surface area contributed by atoms with Crippen molar-refractivity contribution in [3.63, 3.8) is 0 Å². The second kappa shape index (κ2) is 8.02. The summed E-state index contributed by atoms with van der Waals surface area (Å²) in [4.78, 5) is 19.3. The predicted molar refractivity (Wildman–Crippen MR) is 113 cm³/mol. The van der Waals surface area contributed by atoms with Crippen LogP contribution < -0.4 is 18.9 Å². The molecule has 2 aliphatic heterocycles. The molecule has 1 saturated heterocycles. The Hall–Kier alpha value is -3.00. The number of piperidine rings is 1. The minimum absolute atomic E-state index is 0.0116. The Morgan fingerprint density at radius 2 is 1.90 bits per heavy atom. The lowest BCUT2D eigenvalue weighted by molar-refractivity contribution is 0.0594. The standard InChI is InChI=1S/C22H22N2O5S/c1-26-16-3-5-20-17(13-16)23-22(30-20)29-15-6-8-24(9-7-15)21(25)14-2-4-18-19(12-14)28-11-10-27-18/h2-5,12-13,15H,6-11H2,1H3. The van der Waals surface area contributed by atoms with Crippen LogP contribution >= 0.6 is 11.3 Å². The van der Waals surface area contributed by atoms with Crippen LogP contribution in [0.5, 0.6) is 22.4 Å². The van der Waals surface area contributed by atoms with Crippen LogP contribution in [-0.2, 0) is 0 Å². The second-order valence-electron chi connectivity index (χ2n) is 7.28. The summed E-state index contributed by atoms with van der Waals surface area (Å²) in [5.74, 6) is 2.12. The van der Waals surface area contributed by atoms with Crippen LogP contribution in [0.3, 0.4) is 0 Å². The summed E-state index contributed by atoms with van der Waals surface area (Å²) < 4.78 is 23.6. The van der Waals surface area contributed by atoms with Crippen LogP contribution in [0.25, 0.3) is 10.2 Å². The van der Waals surface area contributed by atoms with Crippen LogP contribution in [-0.4, -0.2) is 55.3 Å². The van der Waals surface area contributed by atoms with E-state index in [-0.39, 0.29) is 12.0 Å². The summed E-state index contributed by atoms with van der Waals surface area (Å²) in [5.41, 5.74) is 1.50. The first kappa shape index (κ1) is 19.0. The molecule has 30 heavy (non-hydrogen) atoms. The summed E-state index contributed by atoms with van der Waals surface area (Å²) in [5, 5.41) is 0.662. The third-order valence-corrected chi connectivity index (χ3v) is 6.29. The fourth-order valence-electron chi connectivity index (χ4n) is 3.74. The van der Waals surface area contributed by atoms with E-state index in [1.807, 2.05) is 23.1 Å². The minimum Gasteiger partial charge on any atom is -0.497 e. The normalized spacial score (nSPS) is 16.5. The molecule has 3 aromatic rings. The zero-order chi connectivity index (χ0) is 20.5. The Morgan fingerprint density at radius 3 is 2.70 bits per heavy atom. The van der Waals surface area contributed by atoms with Gasteiger partial charge in [-0.05, 0) is 30.3 Å². The molecule has 7 nitrogen and oxygen atoms in total. The van der Waals surface area contributed by atoms with E-state index < -0.39 is 0 Å². The number of benzene rings is 2. The third-order valence-electron chi connectivity index (χ3n) is 5.36. The molecule has 8 heteroatoms. The molecule has 0 spiro atoms. The Kier molecular flexibility index (Phi) is 5.08. The maximum Gasteiger partial charge on any atom is 0.274 e. The molecule has 0 N–H and O–H groups in total. The Labute approximate surface area is 178 Å². The summed E-state index contributed by atoms with van der Waals surface area (Å²) in [6, 6.07) is 11.2. The molecule has 5 rings (SSSR count). The molecule has 3 heterocycles. The van der Waals surface area contributed by atoms with Crippen molar-refractivity contribution in [2.24, 2.45) is 0 Å². The van der Waals surface area contributed by atoms with Gasteiger partial charge in [0.25, 0.3) is 11.1 Å². The largest absolute Gasteiger partial charge is 0.497 e. The van der Waals surface area contributed by atoms with E-state index >= 15 is 0 Å². The number of nitrogens with zero attached hydrogens (tertiary/aromatic N) is 2. The molecule has 1 amide bonds. The van der Waals surface area contributed by atoms with Crippen molar-refractivity contribution in [1.29, 1.82) is 0 Å². The van der Waals surface area contributed by atoms with Gasteiger partial charge in [0.1, 0.15) is 25.1 Å². The maximum absolute atomic E-state index is 12.9. The number of thiazole rings is 1. The number of rotatable bonds is 4. The smallest absolute Gasteiger partial charge is 0.274 e. The summed E-state index contributed by atoms with van der Waals surface area (Å²) in [6.45, 7) is 2.34. The van der Waals surface area contributed by atoms with Crippen molar-refractivity contribution in [3.05, 3.63) is 42.0 Å². The molecule has 0 atom stereocenters. The average molecular weight is 426 g/mol. The van der Waals surface area contributed by atoms with Crippen LogP contribution in [0.4, 0.5) is 0 Å². The van der Waals surface area contributed by atoms with Gasteiger partial charge < -0.3 is 23.8 Å². The monoisotopic (exact) mass is 426 g/mol. The summed E-state index contributed by atoms with van der Waals surface area (Å²) in [6.07, 6.45) is 1.60. The number of methoxy groups -OCH3 is 1. The highest BCUT2D eigenvalue weighted by Gasteiger charge is 2.26. The van der Waals surface area contributed by atoms with Crippen molar-refractivity contribution in [1.82, 2.24) is 9.88 Å². The van der Waals surface area contributed by atoms with Gasteiger partial charge in [0.05, 0.1) is 17.3 Å². The number of carbonyl (C=O) groups is 1. The van der Waals surface area contributed by atoms with Crippen LogP contribution in [0, 0.1) is 0 Å². The van der Waals surface area contributed by atoms with E-state index in [4.69, 9.17) is 18.9 Å². The maximum atomic E-state index is 12.9. The zero-order valence-corrected chi connectivity index (χ0v) is 17.4. The highest BCUT2D eigenvalue weighted by Crippen LogP contribution is 2.33. The molecule has 2 aromatic carbocycles. The number of carbonyl (C=O) groups excluding carboxylic acids is 1. The van der Waals surface area contributed by atoms with Gasteiger partial charge in [-0.1, -0.05) is 11.3 Å². The van der Waals surface area contributed by atoms with E-state index in [9.17, 15) is 4.79 Å². The van der Waals surface area contributed by atoms with E-state index in [0.717, 1.165) is 28.8 Å². The summed E-state index contributed by atoms with van der Waals surface area (Å²) in [7, 11) is 1.64. The predicted octanol–water partition coefficient (Wildman–Crippen LogP) is 3.76. The number of likely N-dealkylation sites (tertiary alicyclic amines) is 1. The van der Waals surface area contributed by atoms with Gasteiger partial charge in [0.2, 0.25) is 0 Å². The van der Waals surface area contributed by atoms with Crippen molar-refractivity contribution in [2.75, 3.05) is 33.4 Å². The fourth-order valence-corrected chi connectivity index (χ4v) is 4.60. The van der Waals surface area contributed by atoms with E-state index in [1.54, 1.807) is 25.3 Å². The van der Waals surface area contributed by atoms with E-state index in [2.05, 4.69) is 4.98 Å². The Bertz CT molecular complexity index is 1070. The summed E-state index contributed by atoms with van der Waals surface area (Å²) >= 11 is 1.53. The molecule has 0 saturated carbocycles. The number of hydrogen-bond donors (Lipinski definition) is 0. The molecule has 1 fully saturated rings. The Morgan fingerprint density at radius 1 is 1.10 bits per heavy atom. The van der Waals surface area contributed by atoms with Gasteiger partial charge in [0, 0.05) is 37.6 Å². The van der Waals surface area contributed by atoms with Crippen LogP contribution in [0.2, 0.25) is 0 Å². The van der Waals surface area contributed by atoms with Gasteiger partial charge >= 0.3 is 0 Å². The quantitative estimate of drug-likeness (QED) is 0.633. The highest BCUT2D eigenvalue weighted by molar-refractivity contribution is 7.20. The first-order valence-electron chi connectivity index (χ1n) is 10.00. The van der Waals surface area contributed by atoms with Crippen LogP contribution in [0.15, 0.2) is 36.4 Å². The third kappa shape index (κ3) is 3.75. The number of ether oxygens (including phenoxy) is 4.